The second-order valence-electron chi connectivity index (χ2n) is 5.19. The van der Waals surface area contributed by atoms with Crippen LogP contribution in [-0.2, 0) is 11.0 Å². The first-order chi connectivity index (χ1) is 12.2. The molecular weight excluding hydrogens is 369 g/mol. The fourth-order valence-electron chi connectivity index (χ4n) is 2.06. The largest absolute Gasteiger partial charge is 0.482 e. The molecule has 0 unspecified atom stereocenters. The lowest BCUT2D eigenvalue weighted by atomic mass is 10.0. The first kappa shape index (κ1) is 19.3. The van der Waals surface area contributed by atoms with E-state index in [1.54, 1.807) is 6.07 Å². The molecule has 0 atom stereocenters. The molecule has 0 aromatic heterocycles. The number of hydrogen-bond donors (Lipinski definition) is 1. The molecule has 0 heterocycles. The first-order valence-electron chi connectivity index (χ1n) is 7.21. The Morgan fingerprint density at radius 2 is 1.88 bits per heavy atom. The lowest BCUT2D eigenvalue weighted by Crippen LogP contribution is -2.20. The van der Waals surface area contributed by atoms with Crippen LogP contribution in [0.5, 0.6) is 5.75 Å². The highest BCUT2D eigenvalue weighted by molar-refractivity contribution is 6.32. The number of nitriles is 1. The van der Waals surface area contributed by atoms with Gasteiger partial charge in [-0.15, -0.1) is 0 Å². The van der Waals surface area contributed by atoms with Gasteiger partial charge in [0.1, 0.15) is 5.75 Å². The quantitative estimate of drug-likeness (QED) is 0.621. The van der Waals surface area contributed by atoms with Crippen LogP contribution in [0.2, 0.25) is 5.02 Å². The van der Waals surface area contributed by atoms with E-state index >= 15 is 0 Å². The summed E-state index contributed by atoms with van der Waals surface area (Å²) in [5.41, 5.74) is 5.23. The molecule has 0 saturated heterocycles. The van der Waals surface area contributed by atoms with Crippen LogP contribution in [0, 0.1) is 11.3 Å². The second kappa shape index (κ2) is 7.93. The molecule has 4 nitrogen and oxygen atoms in total. The van der Waals surface area contributed by atoms with Gasteiger partial charge in [0, 0.05) is 0 Å². The fraction of sp³-hybridized carbons (Fsp3) is 0.111. The SMILES string of the molecule is N#CC(=Cc1ccc(OCC(N)=O)c(Cl)c1)c1ccc(C(F)(F)F)cc1. The number of primary amides is 1. The van der Waals surface area contributed by atoms with Crippen LogP contribution in [0.15, 0.2) is 42.5 Å². The predicted octanol–water partition coefficient (Wildman–Crippen LogP) is 4.29. The van der Waals surface area contributed by atoms with E-state index < -0.39 is 17.6 Å². The maximum Gasteiger partial charge on any atom is 0.416 e. The molecule has 134 valence electrons. The standard InChI is InChI=1S/C18H12ClF3N2O2/c19-15-8-11(1-6-16(15)26-10-17(24)25)7-13(9-23)12-2-4-14(5-3-12)18(20,21)22/h1-8H,10H2,(H2,24,25). The maximum atomic E-state index is 12.6. The van der Waals surface area contributed by atoms with Gasteiger partial charge in [0.25, 0.3) is 5.91 Å². The van der Waals surface area contributed by atoms with E-state index in [4.69, 9.17) is 22.1 Å². The van der Waals surface area contributed by atoms with Crippen molar-refractivity contribution >= 4 is 29.2 Å². The minimum atomic E-state index is -4.44. The molecule has 2 rings (SSSR count). The van der Waals surface area contributed by atoms with E-state index in [0.29, 0.717) is 11.1 Å². The van der Waals surface area contributed by atoms with Crippen molar-refractivity contribution in [2.75, 3.05) is 6.61 Å². The lowest BCUT2D eigenvalue weighted by molar-refractivity contribution is -0.137. The molecule has 26 heavy (non-hydrogen) atoms. The summed E-state index contributed by atoms with van der Waals surface area (Å²) in [7, 11) is 0. The summed E-state index contributed by atoms with van der Waals surface area (Å²) in [6.45, 7) is -0.329. The number of benzene rings is 2. The summed E-state index contributed by atoms with van der Waals surface area (Å²) in [6, 6.07) is 10.8. The van der Waals surface area contributed by atoms with Crippen LogP contribution in [0.4, 0.5) is 13.2 Å². The number of nitrogens with zero attached hydrogens (tertiary/aromatic N) is 1. The zero-order valence-corrected chi connectivity index (χ0v) is 13.9. The fourth-order valence-corrected chi connectivity index (χ4v) is 2.30. The normalized spacial score (nSPS) is 11.7. The van der Waals surface area contributed by atoms with Crippen molar-refractivity contribution in [1.29, 1.82) is 5.26 Å². The molecule has 0 saturated carbocycles. The minimum absolute atomic E-state index is 0.167. The van der Waals surface area contributed by atoms with E-state index in [1.807, 2.05) is 6.07 Å². The second-order valence-corrected chi connectivity index (χ2v) is 5.60. The summed E-state index contributed by atoms with van der Waals surface area (Å²) < 4.78 is 42.9. The van der Waals surface area contributed by atoms with Gasteiger partial charge in [-0.25, -0.2) is 0 Å². The number of carbonyl (C=O) groups excluding carboxylic acids is 1. The number of alkyl halides is 3. The van der Waals surface area contributed by atoms with E-state index in [9.17, 15) is 23.2 Å². The zero-order chi connectivity index (χ0) is 19.3. The highest BCUT2D eigenvalue weighted by Gasteiger charge is 2.30. The van der Waals surface area contributed by atoms with Crippen LogP contribution >= 0.6 is 11.6 Å². The molecule has 0 bridgehead atoms. The molecule has 8 heteroatoms. The van der Waals surface area contributed by atoms with Crippen LogP contribution in [-0.4, -0.2) is 12.5 Å². The van der Waals surface area contributed by atoms with Crippen molar-refractivity contribution in [2.24, 2.45) is 5.73 Å². The number of rotatable bonds is 5. The van der Waals surface area contributed by atoms with Crippen LogP contribution in [0.25, 0.3) is 11.6 Å². The van der Waals surface area contributed by atoms with E-state index in [-0.39, 0.29) is 23.0 Å². The Bertz CT molecular complexity index is 885. The third kappa shape index (κ3) is 5.01. The van der Waals surface area contributed by atoms with Crippen molar-refractivity contribution in [3.8, 4) is 11.8 Å². The molecule has 2 aromatic rings. The van der Waals surface area contributed by atoms with Gasteiger partial charge in [0.15, 0.2) is 6.61 Å². The van der Waals surface area contributed by atoms with E-state index in [1.165, 1.54) is 30.3 Å². The number of ether oxygens (including phenoxy) is 1. The van der Waals surface area contributed by atoms with Gasteiger partial charge in [-0.2, -0.15) is 18.4 Å². The third-order valence-electron chi connectivity index (χ3n) is 3.28. The average Bonchev–Trinajstić information content (AvgIpc) is 2.58. The maximum absolute atomic E-state index is 12.6. The van der Waals surface area contributed by atoms with Gasteiger partial charge < -0.3 is 10.5 Å². The summed E-state index contributed by atoms with van der Waals surface area (Å²) in [5.74, 6) is -0.408. The Balaban J connectivity index is 2.27. The minimum Gasteiger partial charge on any atom is -0.482 e. The van der Waals surface area contributed by atoms with Gasteiger partial charge in [0.2, 0.25) is 0 Å². The van der Waals surface area contributed by atoms with Gasteiger partial charge in [-0.1, -0.05) is 29.8 Å². The van der Waals surface area contributed by atoms with Gasteiger partial charge in [0.05, 0.1) is 22.2 Å². The summed E-state index contributed by atoms with van der Waals surface area (Å²) in [6.07, 6.45) is -2.96. The molecule has 0 aliphatic rings. The molecular formula is C18H12ClF3N2O2. The molecule has 1 amide bonds. The summed E-state index contributed by atoms with van der Waals surface area (Å²) >= 11 is 6.04. The average molecular weight is 381 g/mol. The number of amides is 1. The highest BCUT2D eigenvalue weighted by Crippen LogP contribution is 2.31. The van der Waals surface area contributed by atoms with Gasteiger partial charge >= 0.3 is 6.18 Å². The lowest BCUT2D eigenvalue weighted by Gasteiger charge is -2.08. The third-order valence-corrected chi connectivity index (χ3v) is 3.58. The Kier molecular flexibility index (Phi) is 5.90. The van der Waals surface area contributed by atoms with Crippen molar-refractivity contribution in [3.05, 3.63) is 64.2 Å². The van der Waals surface area contributed by atoms with Crippen LogP contribution < -0.4 is 10.5 Å². The molecule has 2 N–H and O–H groups in total. The van der Waals surface area contributed by atoms with Gasteiger partial charge in [-0.05, 0) is 41.5 Å². The Morgan fingerprint density at radius 1 is 1.23 bits per heavy atom. The topological polar surface area (TPSA) is 76.1 Å². The monoisotopic (exact) mass is 380 g/mol. The number of allylic oxidation sites excluding steroid dienone is 1. The number of hydrogen-bond acceptors (Lipinski definition) is 3. The Hall–Kier alpha value is -2.98. The van der Waals surface area contributed by atoms with Crippen molar-refractivity contribution in [1.82, 2.24) is 0 Å². The van der Waals surface area contributed by atoms with Crippen molar-refractivity contribution in [3.63, 3.8) is 0 Å². The molecule has 0 spiro atoms. The Morgan fingerprint density at radius 3 is 2.38 bits per heavy atom. The summed E-state index contributed by atoms with van der Waals surface area (Å²) in [4.78, 5) is 10.7. The molecule has 0 aliphatic carbocycles. The number of nitrogens with two attached hydrogens (primary N) is 1. The number of carbonyl (C=O) groups is 1. The number of halogens is 4. The molecule has 0 fully saturated rings. The van der Waals surface area contributed by atoms with Crippen molar-refractivity contribution < 1.29 is 22.7 Å². The smallest absolute Gasteiger partial charge is 0.416 e. The van der Waals surface area contributed by atoms with Crippen LogP contribution in [0.3, 0.4) is 0 Å². The molecule has 0 radical (unpaired) electrons. The molecule has 2 aromatic carbocycles. The summed E-state index contributed by atoms with van der Waals surface area (Å²) in [5, 5.41) is 9.49. The molecule has 0 aliphatic heterocycles. The van der Waals surface area contributed by atoms with Crippen LogP contribution in [0.1, 0.15) is 16.7 Å². The zero-order valence-electron chi connectivity index (χ0n) is 13.2. The van der Waals surface area contributed by atoms with Crippen molar-refractivity contribution in [2.45, 2.75) is 6.18 Å². The van der Waals surface area contributed by atoms with E-state index in [0.717, 1.165) is 12.1 Å². The highest BCUT2D eigenvalue weighted by atomic mass is 35.5. The van der Waals surface area contributed by atoms with Gasteiger partial charge in [-0.3, -0.25) is 4.79 Å². The van der Waals surface area contributed by atoms with E-state index in [2.05, 4.69) is 0 Å². The Labute approximate surface area is 152 Å². The first-order valence-corrected chi connectivity index (χ1v) is 7.58. The predicted molar refractivity (Wildman–Crippen MR) is 91.1 cm³/mol.